The van der Waals surface area contributed by atoms with Crippen LogP contribution in [-0.4, -0.2) is 73.0 Å². The monoisotopic (exact) mass is 495 g/mol. The number of benzene rings is 2. The maximum absolute atomic E-state index is 11.2. The van der Waals surface area contributed by atoms with Crippen LogP contribution in [0, 0.1) is 10.1 Å². The zero-order valence-corrected chi connectivity index (χ0v) is 19.8. The number of anilines is 2. The number of halogens is 1. The summed E-state index contributed by atoms with van der Waals surface area (Å²) >= 11 is 10.3. The number of carbonyl (C=O) groups is 2. The second-order valence-electron chi connectivity index (χ2n) is 6.73. The van der Waals surface area contributed by atoms with E-state index in [-0.39, 0.29) is 11.3 Å². The summed E-state index contributed by atoms with van der Waals surface area (Å²) in [4.78, 5) is 36.2. The van der Waals surface area contributed by atoms with E-state index in [2.05, 4.69) is 27.3 Å². The van der Waals surface area contributed by atoms with Crippen LogP contribution in [0.4, 0.5) is 17.1 Å². The zero-order valence-electron chi connectivity index (χ0n) is 18.2. The molecule has 0 unspecified atom stereocenters. The number of piperazine rings is 1. The molecule has 178 valence electrons. The maximum Gasteiger partial charge on any atom is 0.284 e. The molecule has 1 aliphatic heterocycles. The predicted octanol–water partition coefficient (Wildman–Crippen LogP) is 2.58. The van der Waals surface area contributed by atoms with Crippen molar-refractivity contribution in [3.05, 3.63) is 62.7 Å². The van der Waals surface area contributed by atoms with Crippen molar-refractivity contribution in [3.63, 3.8) is 0 Å². The number of amides is 1. The summed E-state index contributed by atoms with van der Waals surface area (Å²) in [5.74, 6) is -0.781. The van der Waals surface area contributed by atoms with E-state index in [0.717, 1.165) is 44.7 Å². The Morgan fingerprint density at radius 2 is 1.85 bits per heavy atom. The summed E-state index contributed by atoms with van der Waals surface area (Å²) in [6, 6.07) is 9.57. The number of aliphatic hydroxyl groups excluding tert-OH is 1. The van der Waals surface area contributed by atoms with Crippen LogP contribution in [0.15, 0.2) is 36.4 Å². The maximum atomic E-state index is 11.2. The van der Waals surface area contributed by atoms with Crippen LogP contribution in [-0.2, 0) is 0 Å². The fourth-order valence-electron chi connectivity index (χ4n) is 2.92. The van der Waals surface area contributed by atoms with E-state index in [9.17, 15) is 19.7 Å². The summed E-state index contributed by atoms with van der Waals surface area (Å²) in [6.07, 6.45) is 0.712. The second-order valence-corrected chi connectivity index (χ2v) is 7.37. The van der Waals surface area contributed by atoms with Crippen LogP contribution in [0.3, 0.4) is 0 Å². The molecule has 33 heavy (non-hydrogen) atoms. The number of aliphatic hydroxyl groups is 1. The van der Waals surface area contributed by atoms with E-state index in [1.54, 1.807) is 24.3 Å². The topological polar surface area (TPSA) is 142 Å². The van der Waals surface area contributed by atoms with Gasteiger partial charge in [0.25, 0.3) is 11.6 Å². The number of rotatable bonds is 6. The van der Waals surface area contributed by atoms with Crippen molar-refractivity contribution in [1.82, 2.24) is 4.90 Å². The van der Waals surface area contributed by atoms with Crippen LogP contribution in [0.5, 0.6) is 0 Å². The third kappa shape index (κ3) is 8.39. The molecular weight excluding hydrogens is 470 g/mol. The summed E-state index contributed by atoms with van der Waals surface area (Å²) in [6.45, 7) is 3.43. The average molecular weight is 496 g/mol. The highest BCUT2D eigenvalue weighted by Gasteiger charge is 2.22. The molecule has 1 amide bonds. The number of nitrogens with two attached hydrogens (primary N) is 1. The molecule has 1 fully saturated rings. The smallest absolute Gasteiger partial charge is 0.284 e. The first-order valence-electron chi connectivity index (χ1n) is 9.68. The minimum atomic E-state index is -0.781. The van der Waals surface area contributed by atoms with E-state index >= 15 is 0 Å². The van der Waals surface area contributed by atoms with Crippen molar-refractivity contribution in [2.24, 2.45) is 5.73 Å². The Morgan fingerprint density at radius 1 is 1.21 bits per heavy atom. The number of nitrogens with zero attached hydrogens (tertiary/aromatic N) is 3. The first kappa shape index (κ1) is 27.9. The molecular formula is C21H26ClN5O5S. The van der Waals surface area contributed by atoms with Gasteiger partial charge in [-0.2, -0.15) is 0 Å². The van der Waals surface area contributed by atoms with Gasteiger partial charge in [0.1, 0.15) is 5.56 Å². The highest BCUT2D eigenvalue weighted by atomic mass is 35.5. The number of hydrogen-bond donors (Lipinski definition) is 3. The number of thiocarbonyl (C=S) groups is 1. The predicted molar refractivity (Wildman–Crippen MR) is 134 cm³/mol. The van der Waals surface area contributed by atoms with Gasteiger partial charge in [-0.15, -0.1) is 0 Å². The minimum Gasteiger partial charge on any atom is -0.400 e. The van der Waals surface area contributed by atoms with Crippen LogP contribution in [0.25, 0.3) is 0 Å². The molecule has 12 heteroatoms. The van der Waals surface area contributed by atoms with Crippen LogP contribution in [0.1, 0.15) is 20.7 Å². The van der Waals surface area contributed by atoms with Gasteiger partial charge in [0.2, 0.25) is 0 Å². The van der Waals surface area contributed by atoms with Crippen molar-refractivity contribution in [3.8, 4) is 0 Å². The van der Waals surface area contributed by atoms with Gasteiger partial charge in [-0.05, 0) is 37.4 Å². The third-order valence-corrected chi connectivity index (χ3v) is 5.11. The molecule has 1 saturated heterocycles. The number of primary amides is 1. The summed E-state index contributed by atoms with van der Waals surface area (Å²) in [5, 5.41) is 21.2. The van der Waals surface area contributed by atoms with Gasteiger partial charge in [0.05, 0.1) is 15.4 Å². The molecule has 3 rings (SSSR count). The van der Waals surface area contributed by atoms with Gasteiger partial charge >= 0.3 is 0 Å². The summed E-state index contributed by atoms with van der Waals surface area (Å²) in [5.41, 5.74) is 8.24. The van der Waals surface area contributed by atoms with E-state index in [0.29, 0.717) is 16.9 Å². The summed E-state index contributed by atoms with van der Waals surface area (Å²) < 4.78 is 0. The molecule has 1 heterocycles. The highest BCUT2D eigenvalue weighted by Crippen LogP contribution is 2.26. The standard InChI is InChI=1S/C12H16N4O3.C8H6ClNOS.CH4O/c1-14-4-6-15(7-5-14)9-2-3-10(12(13)17)11(8-9)16(18)19;9-8-3-7(10-5-12)2-1-6(8)4-11;1-2/h2-3,8H,4-7H2,1H3,(H2,13,17);1-5H,(H,10,12);2H,1H3. The molecule has 2 aromatic carbocycles. The lowest BCUT2D eigenvalue weighted by Gasteiger charge is -2.34. The lowest BCUT2D eigenvalue weighted by molar-refractivity contribution is -0.385. The summed E-state index contributed by atoms with van der Waals surface area (Å²) in [7, 11) is 3.04. The number of nitro groups is 1. The fourth-order valence-corrected chi connectivity index (χ4v) is 3.28. The van der Waals surface area contributed by atoms with Gasteiger partial charge in [-0.1, -0.05) is 23.8 Å². The Labute approximate surface area is 202 Å². The Kier molecular flexibility index (Phi) is 11.9. The highest BCUT2D eigenvalue weighted by molar-refractivity contribution is 7.79. The van der Waals surface area contributed by atoms with Crippen molar-refractivity contribution in [2.75, 3.05) is 50.6 Å². The molecule has 0 aliphatic carbocycles. The Hall–Kier alpha value is -3.12. The third-order valence-electron chi connectivity index (χ3n) is 4.66. The fraction of sp³-hybridized carbons (Fsp3) is 0.286. The number of hydrogen-bond acceptors (Lipinski definition) is 8. The molecule has 1 aliphatic rings. The molecule has 4 N–H and O–H groups in total. The van der Waals surface area contributed by atoms with Gasteiger partial charge < -0.3 is 26.0 Å². The Morgan fingerprint density at radius 3 is 2.33 bits per heavy atom. The van der Waals surface area contributed by atoms with Gasteiger partial charge in [0.15, 0.2) is 6.29 Å². The number of nitro benzene ring substituents is 1. The van der Waals surface area contributed by atoms with Gasteiger partial charge in [0, 0.05) is 56.3 Å². The van der Waals surface area contributed by atoms with E-state index < -0.39 is 10.8 Å². The lowest BCUT2D eigenvalue weighted by Crippen LogP contribution is -2.44. The first-order chi connectivity index (χ1) is 15.8. The molecule has 0 saturated carbocycles. The SMILES string of the molecule is CN1CCN(c2ccc(C(N)=O)c([N+](=O)[O-])c2)CC1.CO.O=Cc1ccc(NC=S)cc1Cl. The molecule has 10 nitrogen and oxygen atoms in total. The molecule has 0 spiro atoms. The van der Waals surface area contributed by atoms with Crippen LogP contribution in [0.2, 0.25) is 5.02 Å². The largest absolute Gasteiger partial charge is 0.400 e. The normalized spacial score (nSPS) is 12.9. The van der Waals surface area contributed by atoms with Crippen LogP contribution >= 0.6 is 23.8 Å². The second kappa shape index (κ2) is 14.1. The van der Waals surface area contributed by atoms with Crippen molar-refractivity contribution >= 4 is 58.6 Å². The van der Waals surface area contributed by atoms with E-state index in [1.165, 1.54) is 17.6 Å². The molecule has 2 aromatic rings. The van der Waals surface area contributed by atoms with Crippen molar-refractivity contribution < 1.29 is 19.6 Å². The average Bonchev–Trinajstić information content (AvgIpc) is 2.81. The first-order valence-corrected chi connectivity index (χ1v) is 10.5. The Balaban J connectivity index is 0.000000335. The molecule has 0 bridgehead atoms. The van der Waals surface area contributed by atoms with E-state index in [4.69, 9.17) is 22.4 Å². The van der Waals surface area contributed by atoms with Gasteiger partial charge in [-0.3, -0.25) is 19.7 Å². The van der Waals surface area contributed by atoms with Gasteiger partial charge in [-0.25, -0.2) is 0 Å². The zero-order chi connectivity index (χ0) is 25.0. The molecule has 0 atom stereocenters. The number of nitrogens with one attached hydrogen (secondary N) is 1. The number of carbonyl (C=O) groups excluding carboxylic acids is 2. The van der Waals surface area contributed by atoms with Crippen LogP contribution < -0.4 is 16.0 Å². The minimum absolute atomic E-state index is 0.0529. The van der Waals surface area contributed by atoms with E-state index in [1.807, 2.05) is 7.05 Å². The quantitative estimate of drug-likeness (QED) is 0.238. The number of aldehydes is 1. The lowest BCUT2D eigenvalue weighted by atomic mass is 10.1. The molecule has 0 radical (unpaired) electrons. The Bertz CT molecular complexity index is 984. The molecule has 0 aromatic heterocycles. The van der Waals surface area contributed by atoms with Crippen molar-refractivity contribution in [2.45, 2.75) is 0 Å². The number of likely N-dealkylation sites (N-methyl/N-ethyl adjacent to an activating group) is 1. The van der Waals surface area contributed by atoms with Crippen molar-refractivity contribution in [1.29, 1.82) is 0 Å².